The Labute approximate surface area is 195 Å². The molecule has 0 spiro atoms. The average Bonchev–Trinajstić information content (AvgIpc) is 3.49. The predicted octanol–water partition coefficient (Wildman–Crippen LogP) is 5.75. The minimum atomic E-state index is -1.63. The quantitative estimate of drug-likeness (QED) is 0.293. The first-order chi connectivity index (χ1) is 16.1. The minimum absolute atomic E-state index is 0.173. The second-order valence-corrected chi connectivity index (χ2v) is 10.1. The van der Waals surface area contributed by atoms with Gasteiger partial charge in [-0.1, -0.05) is 30.4 Å². The van der Waals surface area contributed by atoms with Gasteiger partial charge in [-0.3, -0.25) is 4.79 Å². The van der Waals surface area contributed by atoms with Gasteiger partial charge in [-0.25, -0.2) is 4.72 Å². The van der Waals surface area contributed by atoms with Crippen molar-refractivity contribution in [2.75, 3.05) is 0 Å². The third-order valence-corrected chi connectivity index (χ3v) is 7.99. The summed E-state index contributed by atoms with van der Waals surface area (Å²) in [6.07, 6.45) is 10.4. The summed E-state index contributed by atoms with van der Waals surface area (Å²) in [5, 5.41) is 10.7. The Balaban J connectivity index is 1.21. The molecule has 0 saturated heterocycles. The molecule has 1 heterocycles. The van der Waals surface area contributed by atoms with Gasteiger partial charge in [0.2, 0.25) is 0 Å². The molecule has 0 aliphatic heterocycles. The molecule has 174 valence electrons. The number of allylic oxidation sites excluding steroid dienone is 2. The number of benzene rings is 2. The van der Waals surface area contributed by atoms with E-state index in [1.54, 1.807) is 6.07 Å². The number of carbonyl (C=O) groups is 1. The zero-order valence-electron chi connectivity index (χ0n) is 18.4. The van der Waals surface area contributed by atoms with Crippen LogP contribution in [0.2, 0.25) is 0 Å². The van der Waals surface area contributed by atoms with Crippen molar-refractivity contribution in [2.45, 2.75) is 51.0 Å². The van der Waals surface area contributed by atoms with Gasteiger partial charge in [-0.15, -0.1) is 0 Å². The van der Waals surface area contributed by atoms with Gasteiger partial charge in [0.05, 0.1) is 0 Å². The van der Waals surface area contributed by atoms with Gasteiger partial charge >= 0.3 is 5.97 Å². The molecule has 2 aromatic carbocycles. The lowest BCUT2D eigenvalue weighted by atomic mass is 9.83. The van der Waals surface area contributed by atoms with Crippen LogP contribution < -0.4 is 8.91 Å². The number of rotatable bonds is 10. The Morgan fingerprint density at radius 2 is 1.94 bits per heavy atom. The number of fused-ring (bicyclic) bond motifs is 5. The molecule has 2 aliphatic carbocycles. The number of para-hydroxylation sites is 1. The fraction of sp³-hybridized carbons (Fsp3) is 0.423. The first kappa shape index (κ1) is 22.2. The minimum Gasteiger partial charge on any atom is -0.481 e. The number of carboxylic acids is 1. The molecule has 2 aliphatic rings. The van der Waals surface area contributed by atoms with E-state index in [-0.39, 0.29) is 12.5 Å². The normalized spacial score (nSPS) is 25.3. The Bertz CT molecular complexity index is 1200. The molecule has 2 unspecified atom stereocenters. The molecule has 0 amide bonds. The summed E-state index contributed by atoms with van der Waals surface area (Å²) in [5.74, 6) is 1.43. The number of unbranched alkanes of at least 4 members (excludes halogenated alkanes) is 1. The summed E-state index contributed by atoms with van der Waals surface area (Å²) in [7, 11) is 0. The van der Waals surface area contributed by atoms with E-state index in [0.717, 1.165) is 34.8 Å². The van der Waals surface area contributed by atoms with Gasteiger partial charge in [0, 0.05) is 23.2 Å². The number of hydrogen-bond donors (Lipinski definition) is 2. The number of furan rings is 1. The third kappa shape index (κ3) is 4.84. The molecule has 1 aromatic heterocycles. The van der Waals surface area contributed by atoms with Gasteiger partial charge in [0.15, 0.2) is 0 Å². The summed E-state index contributed by atoms with van der Waals surface area (Å²) >= 11 is -1.63. The van der Waals surface area contributed by atoms with E-state index in [4.69, 9.17) is 13.7 Å². The van der Waals surface area contributed by atoms with Crippen LogP contribution >= 0.6 is 0 Å². The SMILES string of the molecule is O=C(O)CCC/C=C\C[C@H]1C(NS(=O)Oc2ccc3oc4ccccc4c3c2)[C@@H]2CC[C@H]1C2. The molecule has 2 bridgehead atoms. The zero-order chi connectivity index (χ0) is 22.8. The molecular formula is C26H29NO5S. The van der Waals surface area contributed by atoms with Crippen LogP contribution in [0.4, 0.5) is 0 Å². The maximum Gasteiger partial charge on any atom is 0.303 e. The molecule has 2 N–H and O–H groups in total. The van der Waals surface area contributed by atoms with Crippen molar-refractivity contribution in [3.05, 3.63) is 54.6 Å². The number of aliphatic carboxylic acids is 1. The lowest BCUT2D eigenvalue weighted by molar-refractivity contribution is -0.137. The summed E-state index contributed by atoms with van der Waals surface area (Å²) in [6, 6.07) is 13.6. The molecule has 33 heavy (non-hydrogen) atoms. The van der Waals surface area contributed by atoms with Crippen LogP contribution in [0.1, 0.15) is 44.9 Å². The standard InChI is InChI=1S/C26H29NO5S/c28-25(29)10-4-2-1-3-7-20-17-11-12-18(15-17)26(20)27-33(30)32-19-13-14-24-22(16-19)21-8-5-6-9-23(21)31-24/h1,3,5-6,8-9,13-14,16-18,20,26-27H,2,4,7,10-12,15H2,(H,28,29)/b3-1-/t17-,18+,20+,26?,33?/m0/s1. The Kier molecular flexibility index (Phi) is 6.51. The van der Waals surface area contributed by atoms with Crippen LogP contribution in [0.15, 0.2) is 59.0 Å². The summed E-state index contributed by atoms with van der Waals surface area (Å²) in [6.45, 7) is 0. The van der Waals surface area contributed by atoms with Crippen LogP contribution in [0.25, 0.3) is 21.9 Å². The van der Waals surface area contributed by atoms with E-state index in [1.807, 2.05) is 36.4 Å². The first-order valence-electron chi connectivity index (χ1n) is 11.7. The third-order valence-electron chi connectivity index (χ3n) is 7.18. The van der Waals surface area contributed by atoms with E-state index < -0.39 is 17.2 Å². The fourth-order valence-corrected chi connectivity index (χ4v) is 6.57. The highest BCUT2D eigenvalue weighted by Gasteiger charge is 2.47. The Morgan fingerprint density at radius 3 is 2.82 bits per heavy atom. The van der Waals surface area contributed by atoms with Crippen LogP contribution in [0.3, 0.4) is 0 Å². The van der Waals surface area contributed by atoms with Crippen molar-refractivity contribution >= 4 is 39.2 Å². The van der Waals surface area contributed by atoms with E-state index >= 15 is 0 Å². The van der Waals surface area contributed by atoms with Crippen molar-refractivity contribution in [2.24, 2.45) is 17.8 Å². The smallest absolute Gasteiger partial charge is 0.303 e. The van der Waals surface area contributed by atoms with E-state index in [1.165, 1.54) is 19.3 Å². The lowest BCUT2D eigenvalue weighted by Crippen LogP contribution is -2.42. The van der Waals surface area contributed by atoms with Gasteiger partial charge in [-0.2, -0.15) is 4.21 Å². The van der Waals surface area contributed by atoms with Crippen LogP contribution in [0.5, 0.6) is 5.75 Å². The van der Waals surface area contributed by atoms with Gasteiger partial charge in [0.1, 0.15) is 16.9 Å². The molecule has 2 saturated carbocycles. The largest absolute Gasteiger partial charge is 0.481 e. The first-order valence-corrected chi connectivity index (χ1v) is 12.8. The maximum atomic E-state index is 12.9. The number of carboxylic acid groups (broad SMARTS) is 1. The highest BCUT2D eigenvalue weighted by Crippen LogP contribution is 2.50. The van der Waals surface area contributed by atoms with Gasteiger partial charge in [0.25, 0.3) is 11.3 Å². The molecule has 5 atom stereocenters. The lowest BCUT2D eigenvalue weighted by Gasteiger charge is -2.30. The van der Waals surface area contributed by atoms with Crippen molar-refractivity contribution < 1.29 is 22.7 Å². The molecule has 2 fully saturated rings. The van der Waals surface area contributed by atoms with Gasteiger partial charge in [-0.05, 0) is 80.5 Å². The number of nitrogens with one attached hydrogen (secondary N) is 1. The van der Waals surface area contributed by atoms with E-state index in [2.05, 4.69) is 16.9 Å². The average molecular weight is 468 g/mol. The highest BCUT2D eigenvalue weighted by atomic mass is 32.2. The highest BCUT2D eigenvalue weighted by molar-refractivity contribution is 7.78. The molecule has 6 nitrogen and oxygen atoms in total. The second-order valence-electron chi connectivity index (χ2n) is 9.21. The van der Waals surface area contributed by atoms with Crippen LogP contribution in [-0.4, -0.2) is 21.3 Å². The molecule has 7 heteroatoms. The predicted molar refractivity (Wildman–Crippen MR) is 129 cm³/mol. The molecule has 0 radical (unpaired) electrons. The van der Waals surface area contributed by atoms with Crippen molar-refractivity contribution in [3.8, 4) is 5.75 Å². The fourth-order valence-electron chi connectivity index (χ4n) is 5.66. The summed E-state index contributed by atoms with van der Waals surface area (Å²) in [4.78, 5) is 10.6. The zero-order valence-corrected chi connectivity index (χ0v) is 19.3. The Morgan fingerprint density at radius 1 is 1.12 bits per heavy atom. The van der Waals surface area contributed by atoms with E-state index in [9.17, 15) is 9.00 Å². The van der Waals surface area contributed by atoms with Crippen molar-refractivity contribution in [1.29, 1.82) is 0 Å². The molecule has 5 rings (SSSR count). The monoisotopic (exact) mass is 467 g/mol. The van der Waals surface area contributed by atoms with Crippen LogP contribution in [-0.2, 0) is 16.1 Å². The summed E-state index contributed by atoms with van der Waals surface area (Å²) < 4.78 is 27.8. The molecular weight excluding hydrogens is 438 g/mol. The van der Waals surface area contributed by atoms with Crippen molar-refractivity contribution in [1.82, 2.24) is 4.72 Å². The molecule has 3 aromatic rings. The summed E-state index contributed by atoms with van der Waals surface area (Å²) in [5.41, 5.74) is 1.61. The maximum absolute atomic E-state index is 12.9. The van der Waals surface area contributed by atoms with E-state index in [0.29, 0.717) is 29.9 Å². The topological polar surface area (TPSA) is 88.8 Å². The Hall–Kier alpha value is -2.64. The van der Waals surface area contributed by atoms with Crippen molar-refractivity contribution in [3.63, 3.8) is 0 Å². The second kappa shape index (κ2) is 9.69. The van der Waals surface area contributed by atoms with Crippen LogP contribution in [0, 0.1) is 17.8 Å². The van der Waals surface area contributed by atoms with Gasteiger partial charge < -0.3 is 13.7 Å². The number of hydrogen-bond acceptors (Lipinski definition) is 4.